The number of carbonyl (C=O) groups is 1. The lowest BCUT2D eigenvalue weighted by molar-refractivity contribution is -0.145. The molecule has 1 aliphatic carbocycles. The molecule has 0 aromatic carbocycles. The van der Waals surface area contributed by atoms with E-state index in [1.807, 2.05) is 0 Å². The van der Waals surface area contributed by atoms with Gasteiger partial charge in [-0.1, -0.05) is 6.42 Å². The summed E-state index contributed by atoms with van der Waals surface area (Å²) in [6.07, 6.45) is 4.67. The van der Waals surface area contributed by atoms with Gasteiger partial charge in [-0.3, -0.25) is 4.18 Å². The Balaban J connectivity index is 1.91. The molecule has 4 heteroatoms. The molecule has 3 aliphatic rings. The van der Waals surface area contributed by atoms with Gasteiger partial charge in [0.05, 0.1) is 0 Å². The highest BCUT2D eigenvalue weighted by Gasteiger charge is 2.69. The molecule has 0 radical (unpaired) electrons. The number of carbonyl (C=O) groups excluding carboxylic acids is 1. The molecular formula is C8H10O3S. The SMILES string of the molecule is O=C1O[C@H]2CCCC[C@@H]2C12OS2. The number of hydrogen-bond donors (Lipinski definition) is 0. The van der Waals surface area contributed by atoms with Gasteiger partial charge in [0.1, 0.15) is 6.10 Å². The van der Waals surface area contributed by atoms with Crippen molar-refractivity contribution in [1.29, 1.82) is 0 Å². The maximum atomic E-state index is 11.4. The second-order valence-electron chi connectivity index (χ2n) is 3.67. The molecule has 0 aromatic heterocycles. The van der Waals surface area contributed by atoms with Gasteiger partial charge in [-0.05, 0) is 19.3 Å². The maximum Gasteiger partial charge on any atom is 0.353 e. The molecule has 2 heterocycles. The van der Waals surface area contributed by atoms with Crippen LogP contribution in [0.25, 0.3) is 0 Å². The third-order valence-electron chi connectivity index (χ3n) is 3.00. The highest BCUT2D eigenvalue weighted by atomic mass is 32.2. The van der Waals surface area contributed by atoms with E-state index in [1.54, 1.807) is 0 Å². The number of hydrogen-bond acceptors (Lipinski definition) is 4. The zero-order valence-electron chi connectivity index (χ0n) is 6.62. The first-order chi connectivity index (χ1) is 5.83. The van der Waals surface area contributed by atoms with Crippen molar-refractivity contribution >= 4 is 18.0 Å². The Kier molecular flexibility index (Phi) is 1.31. The number of ether oxygens (including phenoxy) is 1. The van der Waals surface area contributed by atoms with Gasteiger partial charge in [0, 0.05) is 18.0 Å². The summed E-state index contributed by atoms with van der Waals surface area (Å²) in [6.45, 7) is 0. The third kappa shape index (κ3) is 0.746. The van der Waals surface area contributed by atoms with Crippen LogP contribution < -0.4 is 0 Å². The first kappa shape index (κ1) is 7.21. The van der Waals surface area contributed by atoms with Gasteiger partial charge in [0.25, 0.3) is 4.93 Å². The minimum absolute atomic E-state index is 0.135. The molecule has 1 spiro atoms. The van der Waals surface area contributed by atoms with Crippen molar-refractivity contribution in [3.05, 3.63) is 0 Å². The summed E-state index contributed by atoms with van der Waals surface area (Å²) in [6, 6.07) is 0. The molecule has 2 saturated heterocycles. The molecule has 2 aliphatic heterocycles. The summed E-state index contributed by atoms with van der Waals surface area (Å²) in [5.41, 5.74) is 0. The van der Waals surface area contributed by atoms with Crippen LogP contribution in [0.15, 0.2) is 0 Å². The van der Waals surface area contributed by atoms with E-state index in [4.69, 9.17) is 8.92 Å². The number of esters is 1. The molecule has 0 bridgehead atoms. The van der Waals surface area contributed by atoms with Crippen molar-refractivity contribution in [2.75, 3.05) is 0 Å². The molecule has 1 saturated carbocycles. The molecule has 3 atom stereocenters. The summed E-state index contributed by atoms with van der Waals surface area (Å²) in [5, 5.41) is 0. The summed E-state index contributed by atoms with van der Waals surface area (Å²) in [7, 11) is 0. The Morgan fingerprint density at radius 1 is 1.42 bits per heavy atom. The minimum atomic E-state index is -0.551. The molecule has 3 rings (SSSR count). The van der Waals surface area contributed by atoms with E-state index in [1.165, 1.54) is 24.9 Å². The predicted molar refractivity (Wildman–Crippen MR) is 43.2 cm³/mol. The van der Waals surface area contributed by atoms with E-state index in [2.05, 4.69) is 0 Å². The fourth-order valence-electron chi connectivity index (χ4n) is 2.28. The van der Waals surface area contributed by atoms with Crippen LogP contribution in [0.2, 0.25) is 0 Å². The first-order valence-electron chi connectivity index (χ1n) is 4.41. The van der Waals surface area contributed by atoms with Crippen LogP contribution in [0.1, 0.15) is 25.7 Å². The van der Waals surface area contributed by atoms with Crippen LogP contribution in [-0.4, -0.2) is 17.0 Å². The largest absolute Gasteiger partial charge is 0.459 e. The summed E-state index contributed by atoms with van der Waals surface area (Å²) < 4.78 is 10.4. The minimum Gasteiger partial charge on any atom is -0.459 e. The van der Waals surface area contributed by atoms with E-state index in [-0.39, 0.29) is 12.1 Å². The third-order valence-corrected chi connectivity index (χ3v) is 3.99. The Morgan fingerprint density at radius 3 is 2.92 bits per heavy atom. The molecule has 0 amide bonds. The second-order valence-corrected chi connectivity index (χ2v) is 4.61. The Bertz CT molecular complexity index is 236. The van der Waals surface area contributed by atoms with E-state index in [0.29, 0.717) is 5.92 Å². The van der Waals surface area contributed by atoms with Crippen molar-refractivity contribution in [2.24, 2.45) is 5.92 Å². The molecule has 3 fully saturated rings. The van der Waals surface area contributed by atoms with Crippen LogP contribution >= 0.6 is 12.0 Å². The van der Waals surface area contributed by atoms with Crippen LogP contribution in [0.5, 0.6) is 0 Å². The Morgan fingerprint density at radius 2 is 2.17 bits per heavy atom. The van der Waals surface area contributed by atoms with Crippen molar-refractivity contribution in [3.63, 3.8) is 0 Å². The predicted octanol–water partition coefficient (Wildman–Crippen LogP) is 1.48. The lowest BCUT2D eigenvalue weighted by Gasteiger charge is -2.22. The molecule has 0 N–H and O–H groups in total. The highest BCUT2D eigenvalue weighted by molar-refractivity contribution is 8.02. The highest BCUT2D eigenvalue weighted by Crippen LogP contribution is 2.61. The van der Waals surface area contributed by atoms with Crippen LogP contribution in [-0.2, 0) is 13.7 Å². The Hall–Kier alpha value is -0.220. The quantitative estimate of drug-likeness (QED) is 0.326. The average Bonchev–Trinajstić information content (AvgIpc) is 2.80. The first-order valence-corrected chi connectivity index (χ1v) is 5.15. The normalized spacial score (nSPS) is 50.5. The van der Waals surface area contributed by atoms with Crippen LogP contribution in [0.3, 0.4) is 0 Å². The molecular weight excluding hydrogens is 176 g/mol. The molecule has 0 aromatic rings. The zero-order chi connectivity index (χ0) is 8.18. The number of fused-ring (bicyclic) bond motifs is 2. The Labute approximate surface area is 75.0 Å². The van der Waals surface area contributed by atoms with E-state index in [9.17, 15) is 4.79 Å². The van der Waals surface area contributed by atoms with Gasteiger partial charge in [-0.15, -0.1) is 0 Å². The van der Waals surface area contributed by atoms with Crippen molar-refractivity contribution in [3.8, 4) is 0 Å². The van der Waals surface area contributed by atoms with Crippen molar-refractivity contribution < 1.29 is 13.7 Å². The van der Waals surface area contributed by atoms with Gasteiger partial charge >= 0.3 is 5.97 Å². The van der Waals surface area contributed by atoms with Gasteiger partial charge in [-0.2, -0.15) is 0 Å². The van der Waals surface area contributed by atoms with Gasteiger partial charge in [0.15, 0.2) is 0 Å². The van der Waals surface area contributed by atoms with Gasteiger partial charge in [-0.25, -0.2) is 4.79 Å². The second kappa shape index (κ2) is 2.17. The average molecular weight is 186 g/mol. The molecule has 66 valence electrons. The van der Waals surface area contributed by atoms with Gasteiger partial charge < -0.3 is 4.74 Å². The van der Waals surface area contributed by atoms with Crippen LogP contribution in [0, 0.1) is 5.92 Å². The smallest absolute Gasteiger partial charge is 0.353 e. The fourth-order valence-corrected chi connectivity index (χ4v) is 3.07. The van der Waals surface area contributed by atoms with Gasteiger partial charge in [0.2, 0.25) is 0 Å². The van der Waals surface area contributed by atoms with Crippen LogP contribution in [0.4, 0.5) is 0 Å². The standard InChI is InChI=1S/C8H10O3S/c9-7-8(11-12-8)5-3-1-2-4-6(5)10-7/h5-6H,1-4H2/t5-,6-,8?/m0/s1. The maximum absolute atomic E-state index is 11.4. The van der Waals surface area contributed by atoms with E-state index >= 15 is 0 Å². The lowest BCUT2D eigenvalue weighted by atomic mass is 9.84. The summed E-state index contributed by atoms with van der Waals surface area (Å²) >= 11 is 1.30. The zero-order valence-corrected chi connectivity index (χ0v) is 7.43. The monoisotopic (exact) mass is 186 g/mol. The van der Waals surface area contributed by atoms with Crippen molar-refractivity contribution in [2.45, 2.75) is 36.7 Å². The summed E-state index contributed by atoms with van der Waals surface area (Å²) in [5.74, 6) is 0.202. The van der Waals surface area contributed by atoms with E-state index in [0.717, 1.165) is 12.8 Å². The topological polar surface area (TPSA) is 38.8 Å². The summed E-state index contributed by atoms with van der Waals surface area (Å²) in [4.78, 5) is 10.8. The molecule has 1 unspecified atom stereocenters. The van der Waals surface area contributed by atoms with E-state index < -0.39 is 4.93 Å². The molecule has 3 nitrogen and oxygen atoms in total. The van der Waals surface area contributed by atoms with Crippen molar-refractivity contribution in [1.82, 2.24) is 0 Å². The number of rotatable bonds is 0. The fraction of sp³-hybridized carbons (Fsp3) is 0.875. The lowest BCUT2D eigenvalue weighted by Crippen LogP contribution is -2.29. The molecule has 12 heavy (non-hydrogen) atoms.